The summed E-state index contributed by atoms with van der Waals surface area (Å²) in [5, 5.41) is 10.8. The summed E-state index contributed by atoms with van der Waals surface area (Å²) in [7, 11) is 0. The molecule has 0 unspecified atom stereocenters. The van der Waals surface area contributed by atoms with Gasteiger partial charge in [0.15, 0.2) is 0 Å². The maximum atomic E-state index is 13.2. The topological polar surface area (TPSA) is 61.0 Å². The van der Waals surface area contributed by atoms with E-state index >= 15 is 0 Å². The van der Waals surface area contributed by atoms with E-state index < -0.39 is 16.9 Å². The van der Waals surface area contributed by atoms with Crippen molar-refractivity contribution in [1.82, 2.24) is 9.55 Å². The lowest BCUT2D eigenvalue weighted by molar-refractivity contribution is -0.384. The molecule has 8 heteroatoms. The molecule has 0 saturated heterocycles. The quantitative estimate of drug-likeness (QED) is 0.541. The van der Waals surface area contributed by atoms with Gasteiger partial charge in [-0.05, 0) is 17.7 Å². The van der Waals surface area contributed by atoms with E-state index in [0.29, 0.717) is 11.1 Å². The highest BCUT2D eigenvalue weighted by Gasteiger charge is 2.37. The summed E-state index contributed by atoms with van der Waals surface area (Å²) in [5.74, 6) is -1.02. The number of aromatic nitrogens is 2. The van der Waals surface area contributed by atoms with Gasteiger partial charge in [-0.15, -0.1) is 0 Å². The first-order chi connectivity index (χ1) is 10.9. The third-order valence-electron chi connectivity index (χ3n) is 3.37. The summed E-state index contributed by atoms with van der Waals surface area (Å²) >= 11 is 0. The standard InChI is InChI=1S/C15H10F3N3O2/c16-15(17,18)14-19-12-6-1-2-7-13(12)20(14)9-10-4-3-5-11(8-10)21(22)23/h1-8H,9H2. The van der Waals surface area contributed by atoms with Crippen LogP contribution in [0.5, 0.6) is 0 Å². The second kappa shape index (κ2) is 5.38. The predicted molar refractivity (Wildman–Crippen MR) is 76.9 cm³/mol. The highest BCUT2D eigenvalue weighted by molar-refractivity contribution is 5.76. The molecule has 1 aromatic heterocycles. The number of fused-ring (bicyclic) bond motifs is 1. The molecule has 3 aromatic rings. The van der Waals surface area contributed by atoms with Crippen molar-refractivity contribution in [2.45, 2.75) is 12.7 Å². The van der Waals surface area contributed by atoms with Crippen LogP contribution < -0.4 is 0 Å². The number of nitrogens with zero attached hydrogens (tertiary/aromatic N) is 3. The van der Waals surface area contributed by atoms with E-state index in [1.807, 2.05) is 0 Å². The van der Waals surface area contributed by atoms with Crippen molar-refractivity contribution >= 4 is 16.7 Å². The van der Waals surface area contributed by atoms with Crippen LogP contribution in [0.2, 0.25) is 0 Å². The average molecular weight is 321 g/mol. The maximum absolute atomic E-state index is 13.2. The van der Waals surface area contributed by atoms with Crippen molar-refractivity contribution in [1.29, 1.82) is 0 Å². The summed E-state index contributed by atoms with van der Waals surface area (Å²) in [4.78, 5) is 13.9. The van der Waals surface area contributed by atoms with E-state index in [-0.39, 0.29) is 17.7 Å². The minimum Gasteiger partial charge on any atom is -0.316 e. The van der Waals surface area contributed by atoms with Gasteiger partial charge in [0.25, 0.3) is 5.69 Å². The molecule has 5 nitrogen and oxygen atoms in total. The van der Waals surface area contributed by atoms with E-state index in [0.717, 1.165) is 4.57 Å². The van der Waals surface area contributed by atoms with Gasteiger partial charge in [0.2, 0.25) is 5.82 Å². The smallest absolute Gasteiger partial charge is 0.316 e. The Kier molecular flexibility index (Phi) is 3.51. The Morgan fingerprint density at radius 1 is 1.13 bits per heavy atom. The van der Waals surface area contributed by atoms with E-state index in [2.05, 4.69) is 4.98 Å². The highest BCUT2D eigenvalue weighted by Crippen LogP contribution is 2.32. The van der Waals surface area contributed by atoms with E-state index in [4.69, 9.17) is 0 Å². The third-order valence-corrected chi connectivity index (χ3v) is 3.37. The third kappa shape index (κ3) is 2.87. The van der Waals surface area contributed by atoms with Crippen LogP contribution in [0.25, 0.3) is 11.0 Å². The second-order valence-corrected chi connectivity index (χ2v) is 4.94. The Hall–Kier alpha value is -2.90. The van der Waals surface area contributed by atoms with Crippen molar-refractivity contribution in [3.05, 3.63) is 70.0 Å². The SMILES string of the molecule is O=[N+]([O-])c1cccc(Cn2c(C(F)(F)F)nc3ccccc32)c1. The summed E-state index contributed by atoms with van der Waals surface area (Å²) in [6, 6.07) is 11.8. The number of alkyl halides is 3. The van der Waals surface area contributed by atoms with Crippen LogP contribution in [-0.2, 0) is 12.7 Å². The van der Waals surface area contributed by atoms with Crippen molar-refractivity contribution in [3.8, 4) is 0 Å². The minimum absolute atomic E-state index is 0.156. The van der Waals surface area contributed by atoms with Crippen LogP contribution in [0.4, 0.5) is 18.9 Å². The van der Waals surface area contributed by atoms with Gasteiger partial charge in [0.1, 0.15) is 0 Å². The number of nitro benzene ring substituents is 1. The van der Waals surface area contributed by atoms with Crippen molar-refractivity contribution in [2.75, 3.05) is 0 Å². The van der Waals surface area contributed by atoms with E-state index in [9.17, 15) is 23.3 Å². The second-order valence-electron chi connectivity index (χ2n) is 4.94. The molecule has 0 saturated carbocycles. The molecular formula is C15H10F3N3O2. The number of nitro groups is 1. The van der Waals surface area contributed by atoms with Crippen molar-refractivity contribution < 1.29 is 18.1 Å². The molecule has 3 rings (SSSR count). The molecular weight excluding hydrogens is 311 g/mol. The number of hydrogen-bond acceptors (Lipinski definition) is 3. The van der Waals surface area contributed by atoms with E-state index in [1.54, 1.807) is 18.2 Å². The number of benzene rings is 2. The van der Waals surface area contributed by atoms with Crippen LogP contribution in [0.1, 0.15) is 11.4 Å². The molecule has 1 heterocycles. The Morgan fingerprint density at radius 2 is 1.87 bits per heavy atom. The first kappa shape index (κ1) is 15.0. The number of imidazole rings is 1. The first-order valence-corrected chi connectivity index (χ1v) is 6.62. The first-order valence-electron chi connectivity index (χ1n) is 6.62. The number of para-hydroxylation sites is 2. The molecule has 0 atom stereocenters. The fourth-order valence-corrected chi connectivity index (χ4v) is 2.40. The zero-order valence-electron chi connectivity index (χ0n) is 11.6. The molecule has 0 radical (unpaired) electrons. The molecule has 0 aliphatic carbocycles. The number of non-ortho nitro benzene ring substituents is 1. The molecule has 118 valence electrons. The van der Waals surface area contributed by atoms with Gasteiger partial charge in [0.05, 0.1) is 16.0 Å². The van der Waals surface area contributed by atoms with Crippen molar-refractivity contribution in [3.63, 3.8) is 0 Å². The molecule has 23 heavy (non-hydrogen) atoms. The summed E-state index contributed by atoms with van der Waals surface area (Å²) in [6.07, 6.45) is -4.61. The van der Waals surface area contributed by atoms with Crippen LogP contribution in [-0.4, -0.2) is 14.5 Å². The Morgan fingerprint density at radius 3 is 2.57 bits per heavy atom. The summed E-state index contributed by atoms with van der Waals surface area (Å²) < 4.78 is 40.6. The Labute approximate surface area is 128 Å². The molecule has 0 N–H and O–H groups in total. The largest absolute Gasteiger partial charge is 0.449 e. The van der Waals surface area contributed by atoms with E-state index in [1.165, 1.54) is 30.3 Å². The Balaban J connectivity index is 2.12. The highest BCUT2D eigenvalue weighted by atomic mass is 19.4. The van der Waals surface area contributed by atoms with Gasteiger partial charge >= 0.3 is 6.18 Å². The monoisotopic (exact) mass is 321 g/mol. The van der Waals surface area contributed by atoms with Crippen LogP contribution in [0.15, 0.2) is 48.5 Å². The molecule has 0 bridgehead atoms. The molecule has 0 amide bonds. The predicted octanol–water partition coefficient (Wildman–Crippen LogP) is 4.01. The maximum Gasteiger partial charge on any atom is 0.449 e. The molecule has 0 aliphatic heterocycles. The van der Waals surface area contributed by atoms with Gasteiger partial charge in [0, 0.05) is 18.7 Å². The number of rotatable bonds is 3. The summed E-state index contributed by atoms with van der Waals surface area (Å²) in [6.45, 7) is -0.156. The van der Waals surface area contributed by atoms with Crippen LogP contribution >= 0.6 is 0 Å². The fraction of sp³-hybridized carbons (Fsp3) is 0.133. The Bertz CT molecular complexity index is 887. The zero-order chi connectivity index (χ0) is 16.6. The zero-order valence-corrected chi connectivity index (χ0v) is 11.6. The number of hydrogen-bond donors (Lipinski definition) is 0. The summed E-state index contributed by atoms with van der Waals surface area (Å²) in [5.41, 5.74) is 0.782. The normalized spacial score (nSPS) is 11.8. The lowest BCUT2D eigenvalue weighted by Crippen LogP contribution is -2.15. The van der Waals surface area contributed by atoms with Gasteiger partial charge in [-0.1, -0.05) is 24.3 Å². The lowest BCUT2D eigenvalue weighted by atomic mass is 10.2. The van der Waals surface area contributed by atoms with Crippen LogP contribution in [0.3, 0.4) is 0 Å². The molecule has 0 aliphatic rings. The van der Waals surface area contributed by atoms with Crippen LogP contribution in [0, 0.1) is 10.1 Å². The average Bonchev–Trinajstić information content (AvgIpc) is 2.87. The molecule has 0 spiro atoms. The fourth-order valence-electron chi connectivity index (χ4n) is 2.40. The van der Waals surface area contributed by atoms with Gasteiger partial charge in [-0.25, -0.2) is 4.98 Å². The van der Waals surface area contributed by atoms with Crippen molar-refractivity contribution in [2.24, 2.45) is 0 Å². The van der Waals surface area contributed by atoms with Gasteiger partial charge in [-0.2, -0.15) is 13.2 Å². The van der Waals surface area contributed by atoms with Gasteiger partial charge < -0.3 is 4.57 Å². The molecule has 2 aromatic carbocycles. The number of halogens is 3. The lowest BCUT2D eigenvalue weighted by Gasteiger charge is -2.11. The van der Waals surface area contributed by atoms with Gasteiger partial charge in [-0.3, -0.25) is 10.1 Å². The molecule has 0 fully saturated rings. The minimum atomic E-state index is -4.61.